The van der Waals surface area contributed by atoms with Crippen LogP contribution < -0.4 is 5.32 Å². The largest absolute Gasteiger partial charge is 0.394 e. The van der Waals surface area contributed by atoms with E-state index in [9.17, 15) is 13.5 Å². The number of aliphatic hydroxyl groups excluding tert-OH is 1. The second-order valence-electron chi connectivity index (χ2n) is 5.31. The van der Waals surface area contributed by atoms with Crippen LogP contribution in [0.3, 0.4) is 0 Å². The van der Waals surface area contributed by atoms with Crippen molar-refractivity contribution in [3.63, 3.8) is 0 Å². The van der Waals surface area contributed by atoms with Crippen LogP contribution in [0.15, 0.2) is 5.03 Å². The zero-order valence-corrected chi connectivity index (χ0v) is 11.7. The van der Waals surface area contributed by atoms with Crippen LogP contribution in [0.1, 0.15) is 25.1 Å². The highest BCUT2D eigenvalue weighted by molar-refractivity contribution is 7.90. The molecule has 0 spiro atoms. The van der Waals surface area contributed by atoms with E-state index < -0.39 is 15.4 Å². The van der Waals surface area contributed by atoms with Gasteiger partial charge in [0, 0.05) is 18.4 Å². The maximum absolute atomic E-state index is 11.8. The van der Waals surface area contributed by atoms with Crippen molar-refractivity contribution in [2.75, 3.05) is 19.4 Å². The van der Waals surface area contributed by atoms with Crippen molar-refractivity contribution >= 4 is 9.84 Å². The van der Waals surface area contributed by atoms with Crippen LogP contribution in [-0.4, -0.2) is 42.7 Å². The molecule has 2 N–H and O–H groups in total. The van der Waals surface area contributed by atoms with Gasteiger partial charge in [-0.15, -0.1) is 0 Å². The average Bonchev–Trinajstić information content (AvgIpc) is 2.68. The number of rotatable bonds is 3. The molecule has 1 aliphatic heterocycles. The topological polar surface area (TPSA) is 84.2 Å². The highest BCUT2D eigenvalue weighted by Gasteiger charge is 2.31. The van der Waals surface area contributed by atoms with Crippen LogP contribution in [-0.2, 0) is 28.3 Å². The van der Waals surface area contributed by atoms with Gasteiger partial charge in [-0.2, -0.15) is 5.10 Å². The van der Waals surface area contributed by atoms with Crippen LogP contribution in [0.25, 0.3) is 0 Å². The Morgan fingerprint density at radius 1 is 1.50 bits per heavy atom. The van der Waals surface area contributed by atoms with E-state index >= 15 is 0 Å². The minimum Gasteiger partial charge on any atom is -0.394 e. The molecule has 2 rings (SSSR count). The fraction of sp³-hybridized carbons (Fsp3) is 0.727. The summed E-state index contributed by atoms with van der Waals surface area (Å²) in [7, 11) is -3.33. The summed E-state index contributed by atoms with van der Waals surface area (Å²) in [5.41, 5.74) is 1.05. The summed E-state index contributed by atoms with van der Waals surface area (Å²) in [6.07, 6.45) is 1.83. The number of aliphatic hydroxyl groups is 1. The molecule has 0 saturated heterocycles. The Balaban J connectivity index is 2.67. The molecule has 2 heterocycles. The van der Waals surface area contributed by atoms with Crippen molar-refractivity contribution in [2.24, 2.45) is 0 Å². The molecule has 7 heteroatoms. The van der Waals surface area contributed by atoms with E-state index in [0.717, 1.165) is 17.8 Å². The lowest BCUT2D eigenvalue weighted by molar-refractivity contribution is 0.147. The third-order valence-corrected chi connectivity index (χ3v) is 4.24. The van der Waals surface area contributed by atoms with Gasteiger partial charge in [-0.1, -0.05) is 0 Å². The smallest absolute Gasteiger partial charge is 0.194 e. The van der Waals surface area contributed by atoms with Crippen LogP contribution >= 0.6 is 0 Å². The molecule has 0 fully saturated rings. The molecule has 0 radical (unpaired) electrons. The van der Waals surface area contributed by atoms with E-state index in [1.54, 1.807) is 4.68 Å². The van der Waals surface area contributed by atoms with E-state index in [4.69, 9.17) is 0 Å². The average molecular weight is 273 g/mol. The minimum absolute atomic E-state index is 0.0929. The van der Waals surface area contributed by atoms with Crippen LogP contribution in [0, 0.1) is 0 Å². The second-order valence-corrected chi connectivity index (χ2v) is 7.24. The SMILES string of the molecule is CC(C)(CO)n1nc(S(C)(=O)=O)c2c1CNCC2. The zero-order valence-electron chi connectivity index (χ0n) is 10.9. The number of sulfone groups is 1. The van der Waals surface area contributed by atoms with Crippen LogP contribution in [0.2, 0.25) is 0 Å². The third-order valence-electron chi connectivity index (χ3n) is 3.21. The molecule has 6 nitrogen and oxygen atoms in total. The Morgan fingerprint density at radius 2 is 2.17 bits per heavy atom. The summed E-state index contributed by atoms with van der Waals surface area (Å²) >= 11 is 0. The molecule has 18 heavy (non-hydrogen) atoms. The first-order valence-electron chi connectivity index (χ1n) is 5.90. The number of hydrogen-bond acceptors (Lipinski definition) is 5. The fourth-order valence-corrected chi connectivity index (χ4v) is 3.08. The summed E-state index contributed by atoms with van der Waals surface area (Å²) in [6, 6.07) is 0. The van der Waals surface area contributed by atoms with Crippen molar-refractivity contribution in [1.82, 2.24) is 15.1 Å². The van der Waals surface area contributed by atoms with Gasteiger partial charge >= 0.3 is 0 Å². The van der Waals surface area contributed by atoms with Gasteiger partial charge in [0.1, 0.15) is 0 Å². The third kappa shape index (κ3) is 2.17. The molecule has 102 valence electrons. The van der Waals surface area contributed by atoms with Crippen molar-refractivity contribution in [3.8, 4) is 0 Å². The molecular weight excluding hydrogens is 254 g/mol. The maximum Gasteiger partial charge on any atom is 0.194 e. The monoisotopic (exact) mass is 273 g/mol. The van der Waals surface area contributed by atoms with Gasteiger partial charge in [-0.3, -0.25) is 4.68 Å². The first kappa shape index (κ1) is 13.5. The molecule has 1 aromatic rings. The van der Waals surface area contributed by atoms with Gasteiger partial charge in [0.05, 0.1) is 17.8 Å². The van der Waals surface area contributed by atoms with Crippen molar-refractivity contribution in [1.29, 1.82) is 0 Å². The summed E-state index contributed by atoms with van der Waals surface area (Å²) in [5, 5.41) is 17.0. The number of fused-ring (bicyclic) bond motifs is 1. The van der Waals surface area contributed by atoms with Gasteiger partial charge in [-0.05, 0) is 26.8 Å². The predicted molar refractivity (Wildman–Crippen MR) is 67.2 cm³/mol. The van der Waals surface area contributed by atoms with Crippen LogP contribution in [0.4, 0.5) is 0 Å². The summed E-state index contributed by atoms with van der Waals surface area (Å²) < 4.78 is 25.2. The van der Waals surface area contributed by atoms with E-state index in [-0.39, 0.29) is 11.6 Å². The van der Waals surface area contributed by atoms with Gasteiger partial charge in [-0.25, -0.2) is 8.42 Å². The van der Waals surface area contributed by atoms with Crippen LogP contribution in [0.5, 0.6) is 0 Å². The molecule has 1 aromatic heterocycles. The summed E-state index contributed by atoms with van der Waals surface area (Å²) in [6.45, 7) is 4.91. The molecule has 0 saturated carbocycles. The predicted octanol–water partition coefficient (Wildman–Crippen LogP) is -0.340. The van der Waals surface area contributed by atoms with E-state index in [0.29, 0.717) is 13.0 Å². The number of nitrogens with one attached hydrogen (secondary N) is 1. The minimum atomic E-state index is -3.33. The van der Waals surface area contributed by atoms with Gasteiger partial charge in [0.15, 0.2) is 14.9 Å². The van der Waals surface area contributed by atoms with Crippen molar-refractivity contribution in [2.45, 2.75) is 37.4 Å². The maximum atomic E-state index is 11.8. The molecule has 0 atom stereocenters. The number of hydrogen-bond donors (Lipinski definition) is 2. The molecule has 0 unspecified atom stereocenters. The van der Waals surface area contributed by atoms with Gasteiger partial charge in [0.2, 0.25) is 0 Å². The lowest BCUT2D eigenvalue weighted by Crippen LogP contribution is -2.36. The second kappa shape index (κ2) is 4.32. The highest BCUT2D eigenvalue weighted by atomic mass is 32.2. The molecule has 0 bridgehead atoms. The highest BCUT2D eigenvalue weighted by Crippen LogP contribution is 2.27. The molecule has 0 amide bonds. The number of aromatic nitrogens is 2. The van der Waals surface area contributed by atoms with Gasteiger partial charge < -0.3 is 10.4 Å². The van der Waals surface area contributed by atoms with E-state index in [1.165, 1.54) is 6.26 Å². The Hall–Kier alpha value is -0.920. The fourth-order valence-electron chi connectivity index (χ4n) is 2.18. The Bertz CT molecular complexity index is 560. The Kier molecular flexibility index (Phi) is 3.25. The van der Waals surface area contributed by atoms with Crippen molar-refractivity contribution < 1.29 is 13.5 Å². The number of nitrogens with zero attached hydrogens (tertiary/aromatic N) is 2. The lowest BCUT2D eigenvalue weighted by Gasteiger charge is -2.26. The quantitative estimate of drug-likeness (QED) is 0.787. The molecule has 0 aromatic carbocycles. The van der Waals surface area contributed by atoms with E-state index in [2.05, 4.69) is 10.4 Å². The lowest BCUT2D eigenvalue weighted by atomic mass is 10.0. The molecule has 1 aliphatic rings. The summed E-state index contributed by atoms with van der Waals surface area (Å²) in [4.78, 5) is 0. The summed E-state index contributed by atoms with van der Waals surface area (Å²) in [5.74, 6) is 0. The Labute approximate surface area is 107 Å². The zero-order chi connectivity index (χ0) is 13.6. The van der Waals surface area contributed by atoms with Gasteiger partial charge in [0.25, 0.3) is 0 Å². The Morgan fingerprint density at radius 3 is 2.72 bits per heavy atom. The normalized spacial score (nSPS) is 16.7. The molecular formula is C11H19N3O3S. The van der Waals surface area contributed by atoms with Crippen molar-refractivity contribution in [3.05, 3.63) is 11.3 Å². The first-order chi connectivity index (χ1) is 8.27. The van der Waals surface area contributed by atoms with E-state index in [1.807, 2.05) is 13.8 Å². The first-order valence-corrected chi connectivity index (χ1v) is 7.79. The molecule has 0 aliphatic carbocycles. The standard InChI is InChI=1S/C11H19N3O3S/c1-11(2,7-15)14-9-6-12-5-4-8(9)10(13-14)18(3,16)17/h12,15H,4-7H2,1-3H3.